The van der Waals surface area contributed by atoms with Gasteiger partial charge in [-0.15, -0.1) is 11.3 Å². The summed E-state index contributed by atoms with van der Waals surface area (Å²) in [6.07, 6.45) is 0. The van der Waals surface area contributed by atoms with Gasteiger partial charge in [-0.25, -0.2) is 4.79 Å². The maximum Gasteiger partial charge on any atom is 0.338 e. The molecule has 1 aromatic heterocycles. The van der Waals surface area contributed by atoms with E-state index in [1.165, 1.54) is 17.4 Å². The van der Waals surface area contributed by atoms with E-state index in [2.05, 4.69) is 5.32 Å². The Morgan fingerprint density at radius 3 is 2.76 bits per heavy atom. The first-order chi connectivity index (χ1) is 14.1. The van der Waals surface area contributed by atoms with Gasteiger partial charge in [-0.05, 0) is 48.7 Å². The van der Waals surface area contributed by atoms with Crippen LogP contribution in [0.25, 0.3) is 0 Å². The highest BCUT2D eigenvalue weighted by Crippen LogP contribution is 2.38. The first-order valence-corrected chi connectivity index (χ1v) is 9.75. The monoisotopic (exact) mass is 411 g/mol. The Balaban J connectivity index is 1.64. The van der Waals surface area contributed by atoms with Crippen LogP contribution in [0.2, 0.25) is 0 Å². The molecule has 0 fully saturated rings. The largest absolute Gasteiger partial charge is 0.462 e. The molecule has 1 N–H and O–H groups in total. The lowest BCUT2D eigenvalue weighted by Crippen LogP contribution is -2.12. The molecule has 2 aromatic carbocycles. The highest BCUT2D eigenvalue weighted by molar-refractivity contribution is 7.12. The minimum atomic E-state index is -0.478. The first-order valence-electron chi connectivity index (χ1n) is 8.87. The summed E-state index contributed by atoms with van der Waals surface area (Å²) in [7, 11) is 0. The smallest absolute Gasteiger partial charge is 0.338 e. The van der Waals surface area contributed by atoms with Gasteiger partial charge in [0.15, 0.2) is 17.2 Å². The third-order valence-corrected chi connectivity index (χ3v) is 4.92. The molecule has 29 heavy (non-hydrogen) atoms. The molecule has 0 spiro atoms. The second-order valence-corrected chi connectivity index (χ2v) is 6.93. The number of rotatable bonds is 6. The van der Waals surface area contributed by atoms with Crippen molar-refractivity contribution in [1.29, 1.82) is 0 Å². The molecule has 0 saturated heterocycles. The average Bonchev–Trinajstić information content (AvgIpc) is 3.41. The standard InChI is InChI=1S/C21H17NO6S/c1-2-25-21(24)13-5-7-16(15(10-13)22-20(23)19-4-3-9-29-19)28-14-6-8-17-18(11-14)27-12-26-17/h3-11H,2,12H2,1H3,(H,22,23). The Morgan fingerprint density at radius 1 is 1.10 bits per heavy atom. The SMILES string of the molecule is CCOC(=O)c1ccc(Oc2ccc3c(c2)OCO3)c(NC(=O)c2cccs2)c1. The first kappa shape index (κ1) is 18.8. The molecule has 8 heteroatoms. The number of hydrogen-bond acceptors (Lipinski definition) is 7. The van der Waals surface area contributed by atoms with Gasteiger partial charge in [0.2, 0.25) is 6.79 Å². The molecule has 1 amide bonds. The fraction of sp³-hybridized carbons (Fsp3) is 0.143. The fourth-order valence-corrected chi connectivity index (χ4v) is 3.34. The average molecular weight is 411 g/mol. The van der Waals surface area contributed by atoms with Crippen LogP contribution in [0.1, 0.15) is 27.0 Å². The van der Waals surface area contributed by atoms with Crippen molar-refractivity contribution < 1.29 is 28.5 Å². The lowest BCUT2D eigenvalue weighted by atomic mass is 10.1. The summed E-state index contributed by atoms with van der Waals surface area (Å²) in [5.74, 6) is 1.33. The van der Waals surface area contributed by atoms with Crippen LogP contribution < -0.4 is 19.5 Å². The molecule has 7 nitrogen and oxygen atoms in total. The molecule has 1 aliphatic heterocycles. The topological polar surface area (TPSA) is 83.1 Å². The number of amides is 1. The second kappa shape index (κ2) is 8.24. The maximum absolute atomic E-state index is 12.5. The molecule has 0 unspecified atom stereocenters. The van der Waals surface area contributed by atoms with Crippen molar-refractivity contribution in [2.75, 3.05) is 18.7 Å². The van der Waals surface area contributed by atoms with Crippen LogP contribution in [0.15, 0.2) is 53.9 Å². The van der Waals surface area contributed by atoms with Gasteiger partial charge in [0, 0.05) is 6.07 Å². The quantitative estimate of drug-likeness (QED) is 0.592. The van der Waals surface area contributed by atoms with E-state index in [0.717, 1.165) is 0 Å². The van der Waals surface area contributed by atoms with Crippen molar-refractivity contribution in [3.63, 3.8) is 0 Å². The molecule has 1 aliphatic rings. The summed E-state index contributed by atoms with van der Waals surface area (Å²) in [5, 5.41) is 4.62. The molecule has 0 atom stereocenters. The number of ether oxygens (including phenoxy) is 4. The minimum Gasteiger partial charge on any atom is -0.462 e. The molecular formula is C21H17NO6S. The Morgan fingerprint density at radius 2 is 1.97 bits per heavy atom. The van der Waals surface area contributed by atoms with Gasteiger partial charge in [0.25, 0.3) is 5.91 Å². The molecule has 2 heterocycles. The molecule has 0 bridgehead atoms. The van der Waals surface area contributed by atoms with E-state index in [0.29, 0.717) is 39.1 Å². The highest BCUT2D eigenvalue weighted by Gasteiger charge is 2.18. The number of fused-ring (bicyclic) bond motifs is 1. The van der Waals surface area contributed by atoms with Gasteiger partial charge < -0.3 is 24.3 Å². The van der Waals surface area contributed by atoms with Crippen LogP contribution in [0.5, 0.6) is 23.0 Å². The van der Waals surface area contributed by atoms with Gasteiger partial charge >= 0.3 is 5.97 Å². The van der Waals surface area contributed by atoms with Crippen molar-refractivity contribution in [3.8, 4) is 23.0 Å². The van der Waals surface area contributed by atoms with Gasteiger partial charge in [0.05, 0.1) is 22.7 Å². The predicted octanol–water partition coefficient (Wildman–Crippen LogP) is 4.70. The summed E-state index contributed by atoms with van der Waals surface area (Å²) < 4.78 is 21.7. The van der Waals surface area contributed by atoms with Crippen LogP contribution in [-0.2, 0) is 4.74 Å². The van der Waals surface area contributed by atoms with Gasteiger partial charge in [0.1, 0.15) is 5.75 Å². The van der Waals surface area contributed by atoms with Crippen LogP contribution in [0.4, 0.5) is 5.69 Å². The van der Waals surface area contributed by atoms with E-state index in [9.17, 15) is 9.59 Å². The summed E-state index contributed by atoms with van der Waals surface area (Å²) in [4.78, 5) is 25.2. The number of hydrogen-bond donors (Lipinski definition) is 1. The lowest BCUT2D eigenvalue weighted by molar-refractivity contribution is 0.0526. The Hall–Kier alpha value is -3.52. The lowest BCUT2D eigenvalue weighted by Gasteiger charge is -2.14. The predicted molar refractivity (Wildman–Crippen MR) is 107 cm³/mol. The zero-order valence-electron chi connectivity index (χ0n) is 15.5. The van der Waals surface area contributed by atoms with Crippen molar-refractivity contribution in [1.82, 2.24) is 0 Å². The normalized spacial score (nSPS) is 11.8. The molecular weight excluding hydrogens is 394 g/mol. The number of anilines is 1. The van der Waals surface area contributed by atoms with E-state index in [-0.39, 0.29) is 19.3 Å². The van der Waals surface area contributed by atoms with Crippen molar-refractivity contribution in [2.24, 2.45) is 0 Å². The van der Waals surface area contributed by atoms with Gasteiger partial charge in [-0.1, -0.05) is 6.07 Å². The van der Waals surface area contributed by atoms with E-state index in [4.69, 9.17) is 18.9 Å². The van der Waals surface area contributed by atoms with Crippen LogP contribution >= 0.6 is 11.3 Å². The minimum absolute atomic E-state index is 0.162. The summed E-state index contributed by atoms with van der Waals surface area (Å²) in [5.41, 5.74) is 0.665. The van der Waals surface area contributed by atoms with Crippen molar-refractivity contribution in [3.05, 3.63) is 64.4 Å². The zero-order valence-corrected chi connectivity index (χ0v) is 16.3. The number of carbonyl (C=O) groups excluding carboxylic acids is 2. The molecule has 0 aliphatic carbocycles. The number of nitrogens with one attached hydrogen (secondary N) is 1. The van der Waals surface area contributed by atoms with Crippen molar-refractivity contribution >= 4 is 28.9 Å². The van der Waals surface area contributed by atoms with Crippen LogP contribution in [0, 0.1) is 0 Å². The van der Waals surface area contributed by atoms with Crippen LogP contribution in [0.3, 0.4) is 0 Å². The van der Waals surface area contributed by atoms with Crippen molar-refractivity contribution in [2.45, 2.75) is 6.92 Å². The van der Waals surface area contributed by atoms with Gasteiger partial charge in [-0.2, -0.15) is 0 Å². The summed E-state index contributed by atoms with van der Waals surface area (Å²) in [6.45, 7) is 2.15. The molecule has 3 aromatic rings. The number of esters is 1. The highest BCUT2D eigenvalue weighted by atomic mass is 32.1. The van der Waals surface area contributed by atoms with E-state index in [1.807, 2.05) is 5.38 Å². The molecule has 4 rings (SSSR count). The summed E-state index contributed by atoms with van der Waals surface area (Å²) in [6, 6.07) is 13.4. The van der Waals surface area contributed by atoms with Gasteiger partial charge in [-0.3, -0.25) is 4.79 Å². The number of thiophene rings is 1. The zero-order chi connectivity index (χ0) is 20.2. The Kier molecular flexibility index (Phi) is 5.35. The number of benzene rings is 2. The molecule has 148 valence electrons. The van der Waals surface area contributed by atoms with E-state index >= 15 is 0 Å². The number of carbonyl (C=O) groups is 2. The molecule has 0 saturated carbocycles. The second-order valence-electron chi connectivity index (χ2n) is 5.98. The fourth-order valence-electron chi connectivity index (χ4n) is 2.72. The Labute approximate surface area is 170 Å². The van der Waals surface area contributed by atoms with E-state index < -0.39 is 5.97 Å². The van der Waals surface area contributed by atoms with Crippen LogP contribution in [-0.4, -0.2) is 25.3 Å². The third-order valence-electron chi connectivity index (χ3n) is 4.06. The maximum atomic E-state index is 12.5. The third kappa shape index (κ3) is 4.17. The van der Waals surface area contributed by atoms with E-state index in [1.54, 1.807) is 49.4 Å². The molecule has 0 radical (unpaired) electrons. The Bertz CT molecular complexity index is 1050. The summed E-state index contributed by atoms with van der Waals surface area (Å²) >= 11 is 1.32.